The van der Waals surface area contributed by atoms with Crippen molar-refractivity contribution in [3.05, 3.63) is 64.1 Å². The van der Waals surface area contributed by atoms with E-state index in [9.17, 15) is 9.00 Å². The maximum Gasteiger partial charge on any atom is 0.175 e. The Labute approximate surface area is 129 Å². The van der Waals surface area contributed by atoms with Gasteiger partial charge in [0.15, 0.2) is 5.78 Å². The molecule has 0 amide bonds. The standard InChI is InChI=1S/C16H15BrO2S/c1-2-12-3-5-13(6-4-12)16(18)11-20(19)15-9-7-14(17)8-10-15/h3-10H,2,11H2,1H3. The first-order valence-electron chi connectivity index (χ1n) is 6.36. The van der Waals surface area contributed by atoms with Crippen molar-refractivity contribution in [3.63, 3.8) is 0 Å². The van der Waals surface area contributed by atoms with Gasteiger partial charge in [-0.15, -0.1) is 0 Å². The molecule has 104 valence electrons. The number of hydrogen-bond donors (Lipinski definition) is 0. The molecule has 0 heterocycles. The summed E-state index contributed by atoms with van der Waals surface area (Å²) in [6, 6.07) is 14.7. The summed E-state index contributed by atoms with van der Waals surface area (Å²) < 4.78 is 13.1. The van der Waals surface area contributed by atoms with Gasteiger partial charge in [-0.2, -0.15) is 0 Å². The zero-order valence-corrected chi connectivity index (χ0v) is 13.5. The Bertz CT molecular complexity index is 618. The second-order valence-corrected chi connectivity index (χ2v) is 6.78. The molecule has 0 aliphatic carbocycles. The average molecular weight is 351 g/mol. The Hall–Kier alpha value is -1.26. The summed E-state index contributed by atoms with van der Waals surface area (Å²) in [5, 5.41) is 0. The van der Waals surface area contributed by atoms with Crippen molar-refractivity contribution >= 4 is 32.5 Å². The van der Waals surface area contributed by atoms with Gasteiger partial charge in [-0.25, -0.2) is 0 Å². The monoisotopic (exact) mass is 350 g/mol. The first-order valence-corrected chi connectivity index (χ1v) is 8.47. The van der Waals surface area contributed by atoms with Crippen molar-refractivity contribution in [2.24, 2.45) is 0 Å². The highest BCUT2D eigenvalue weighted by atomic mass is 79.9. The van der Waals surface area contributed by atoms with E-state index in [2.05, 4.69) is 22.9 Å². The van der Waals surface area contributed by atoms with Crippen LogP contribution in [0.4, 0.5) is 0 Å². The van der Waals surface area contributed by atoms with Crippen molar-refractivity contribution < 1.29 is 9.00 Å². The molecule has 2 aromatic rings. The van der Waals surface area contributed by atoms with Crippen LogP contribution < -0.4 is 0 Å². The first-order chi connectivity index (χ1) is 9.60. The lowest BCUT2D eigenvalue weighted by Gasteiger charge is -2.04. The SMILES string of the molecule is CCc1ccc(C(=O)CS(=O)c2ccc(Br)cc2)cc1. The molecule has 20 heavy (non-hydrogen) atoms. The minimum absolute atomic E-state index is 0.0209. The quantitative estimate of drug-likeness (QED) is 0.763. The smallest absolute Gasteiger partial charge is 0.175 e. The summed E-state index contributed by atoms with van der Waals surface area (Å²) in [4.78, 5) is 12.8. The van der Waals surface area contributed by atoms with Crippen LogP contribution in [0.3, 0.4) is 0 Å². The van der Waals surface area contributed by atoms with Crippen molar-refractivity contribution in [1.29, 1.82) is 0 Å². The van der Waals surface area contributed by atoms with Crippen LogP contribution in [0, 0.1) is 0 Å². The molecule has 0 bridgehead atoms. The number of halogens is 1. The molecule has 0 aliphatic rings. The average Bonchev–Trinajstić information content (AvgIpc) is 2.48. The summed E-state index contributed by atoms with van der Waals surface area (Å²) in [5.41, 5.74) is 1.81. The number of aryl methyl sites for hydroxylation is 1. The third kappa shape index (κ3) is 3.87. The highest BCUT2D eigenvalue weighted by molar-refractivity contribution is 9.10. The highest BCUT2D eigenvalue weighted by Gasteiger charge is 2.12. The minimum Gasteiger partial charge on any atom is -0.293 e. The van der Waals surface area contributed by atoms with E-state index in [1.165, 1.54) is 5.56 Å². The molecule has 4 heteroatoms. The number of Topliss-reactive ketones (excluding diaryl/α,β-unsaturated/α-hetero) is 1. The molecule has 0 saturated carbocycles. The van der Waals surface area contributed by atoms with Gasteiger partial charge in [-0.05, 0) is 36.2 Å². The first kappa shape index (κ1) is 15.1. The van der Waals surface area contributed by atoms with Crippen LogP contribution in [0.25, 0.3) is 0 Å². The van der Waals surface area contributed by atoms with Crippen LogP contribution in [-0.2, 0) is 17.2 Å². The van der Waals surface area contributed by atoms with Crippen LogP contribution in [0.1, 0.15) is 22.8 Å². The lowest BCUT2D eigenvalue weighted by molar-refractivity contribution is 0.102. The van der Waals surface area contributed by atoms with Crippen molar-refractivity contribution in [3.8, 4) is 0 Å². The lowest BCUT2D eigenvalue weighted by atomic mass is 10.1. The fourth-order valence-corrected chi connectivity index (χ4v) is 3.07. The van der Waals surface area contributed by atoms with Crippen LogP contribution in [0.2, 0.25) is 0 Å². The number of ketones is 1. The van der Waals surface area contributed by atoms with Crippen LogP contribution in [0.15, 0.2) is 57.9 Å². The maximum atomic E-state index is 12.1. The van der Waals surface area contributed by atoms with E-state index in [1.54, 1.807) is 24.3 Å². The Morgan fingerprint density at radius 1 is 1.05 bits per heavy atom. The molecule has 0 N–H and O–H groups in total. The van der Waals surface area contributed by atoms with Crippen molar-refractivity contribution in [2.45, 2.75) is 18.2 Å². The summed E-state index contributed by atoms with van der Waals surface area (Å²) in [6.07, 6.45) is 0.944. The third-order valence-corrected chi connectivity index (χ3v) is 4.87. The van der Waals surface area contributed by atoms with Gasteiger partial charge < -0.3 is 0 Å². The molecule has 0 fully saturated rings. The second kappa shape index (κ2) is 6.95. The molecule has 0 spiro atoms. The van der Waals surface area contributed by atoms with Crippen molar-refractivity contribution in [2.75, 3.05) is 5.75 Å². The summed E-state index contributed by atoms with van der Waals surface area (Å²) >= 11 is 3.33. The van der Waals surface area contributed by atoms with Crippen LogP contribution >= 0.6 is 15.9 Å². The zero-order chi connectivity index (χ0) is 14.5. The van der Waals surface area contributed by atoms with E-state index < -0.39 is 10.8 Å². The van der Waals surface area contributed by atoms with Crippen LogP contribution in [-0.4, -0.2) is 15.7 Å². The van der Waals surface area contributed by atoms with Crippen LogP contribution in [0.5, 0.6) is 0 Å². The molecule has 2 aromatic carbocycles. The van der Waals surface area contributed by atoms with Crippen molar-refractivity contribution in [1.82, 2.24) is 0 Å². The number of benzene rings is 2. The maximum absolute atomic E-state index is 12.1. The van der Waals surface area contributed by atoms with E-state index in [0.717, 1.165) is 10.9 Å². The molecule has 2 nitrogen and oxygen atoms in total. The third-order valence-electron chi connectivity index (χ3n) is 3.02. The summed E-state index contributed by atoms with van der Waals surface area (Å²) in [6.45, 7) is 2.07. The highest BCUT2D eigenvalue weighted by Crippen LogP contribution is 2.15. The summed E-state index contributed by atoms with van der Waals surface area (Å²) in [7, 11) is -1.30. The Balaban J connectivity index is 2.06. The molecule has 1 unspecified atom stereocenters. The molecule has 0 aromatic heterocycles. The largest absolute Gasteiger partial charge is 0.293 e. The molecular formula is C16H15BrO2S. The van der Waals surface area contributed by atoms with E-state index in [-0.39, 0.29) is 11.5 Å². The molecule has 2 rings (SSSR count). The van der Waals surface area contributed by atoms with Gasteiger partial charge in [0, 0.05) is 14.9 Å². The van der Waals surface area contributed by atoms with Gasteiger partial charge in [0.2, 0.25) is 0 Å². The van der Waals surface area contributed by atoms with E-state index in [0.29, 0.717) is 10.5 Å². The second-order valence-electron chi connectivity index (χ2n) is 4.42. The number of hydrogen-bond acceptors (Lipinski definition) is 2. The van der Waals surface area contributed by atoms with E-state index >= 15 is 0 Å². The number of rotatable bonds is 5. The number of carbonyl (C=O) groups is 1. The van der Waals surface area contributed by atoms with Gasteiger partial charge in [-0.1, -0.05) is 47.1 Å². The Morgan fingerprint density at radius 3 is 2.20 bits per heavy atom. The Kier molecular flexibility index (Phi) is 5.26. The Morgan fingerprint density at radius 2 is 1.65 bits per heavy atom. The van der Waals surface area contributed by atoms with Gasteiger partial charge >= 0.3 is 0 Å². The molecule has 0 radical (unpaired) electrons. The van der Waals surface area contributed by atoms with Gasteiger partial charge in [-0.3, -0.25) is 9.00 Å². The zero-order valence-electron chi connectivity index (χ0n) is 11.1. The lowest BCUT2D eigenvalue weighted by Crippen LogP contribution is -2.11. The predicted molar refractivity (Wildman–Crippen MR) is 85.6 cm³/mol. The predicted octanol–water partition coefficient (Wildman–Crippen LogP) is 4.00. The van der Waals surface area contributed by atoms with Gasteiger partial charge in [0.1, 0.15) is 0 Å². The normalized spacial score (nSPS) is 12.1. The topological polar surface area (TPSA) is 34.1 Å². The summed E-state index contributed by atoms with van der Waals surface area (Å²) in [5.74, 6) is -0.0680. The molecule has 0 aliphatic heterocycles. The molecule has 0 saturated heterocycles. The fraction of sp³-hybridized carbons (Fsp3) is 0.188. The fourth-order valence-electron chi connectivity index (χ4n) is 1.80. The van der Waals surface area contributed by atoms with E-state index in [1.807, 2.05) is 24.3 Å². The molecular weight excluding hydrogens is 336 g/mol. The van der Waals surface area contributed by atoms with Gasteiger partial charge in [0.05, 0.1) is 16.6 Å². The van der Waals surface area contributed by atoms with Gasteiger partial charge in [0.25, 0.3) is 0 Å². The minimum atomic E-state index is -1.30. The number of carbonyl (C=O) groups excluding carboxylic acids is 1. The molecule has 1 atom stereocenters. The van der Waals surface area contributed by atoms with E-state index in [4.69, 9.17) is 0 Å².